The van der Waals surface area contributed by atoms with Gasteiger partial charge in [-0.15, -0.1) is 11.3 Å². The monoisotopic (exact) mass is 1110 g/mol. The fourth-order valence-corrected chi connectivity index (χ4v) is 12.1. The summed E-state index contributed by atoms with van der Waals surface area (Å²) >= 11 is 1.66. The molecular weight excluding hydrogens is 1040 g/mol. The molecule has 404 valence electrons. The number of hydrogen-bond acceptors (Lipinski definition) is 11. The zero-order chi connectivity index (χ0) is 50.6. The van der Waals surface area contributed by atoms with E-state index in [0.717, 1.165) is 52.7 Å². The van der Waals surface area contributed by atoms with Crippen LogP contribution in [-0.4, -0.2) is 110 Å². The normalized spacial score (nSPS) is 20.4. The first-order valence-corrected chi connectivity index (χ1v) is 25.8. The average molecular weight is 1110 g/mol. The van der Waals surface area contributed by atoms with Gasteiger partial charge >= 0.3 is 12.2 Å². The second-order valence-corrected chi connectivity index (χ2v) is 21.4. The van der Waals surface area contributed by atoms with Crippen molar-refractivity contribution in [1.29, 1.82) is 0 Å². The van der Waals surface area contributed by atoms with Gasteiger partial charge in [-0.05, 0) is 113 Å². The molecule has 0 aliphatic carbocycles. The molecule has 3 fully saturated rings. The first kappa shape index (κ1) is 57.0. The van der Waals surface area contributed by atoms with Crippen LogP contribution in [0.15, 0.2) is 60.9 Å². The van der Waals surface area contributed by atoms with Crippen LogP contribution in [0.3, 0.4) is 0 Å². The Morgan fingerprint density at radius 1 is 0.840 bits per heavy atom. The third kappa shape index (κ3) is 11.1. The Morgan fingerprint density at radius 3 is 2.09 bits per heavy atom. The van der Waals surface area contributed by atoms with E-state index in [1.807, 2.05) is 52.0 Å². The van der Waals surface area contributed by atoms with Crippen LogP contribution in [0.4, 0.5) is 14.0 Å². The molecule has 0 bridgehead atoms. The summed E-state index contributed by atoms with van der Waals surface area (Å²) in [6.07, 6.45) is 6.54. The molecule has 10 rings (SSSR count). The minimum absolute atomic E-state index is 0. The molecule has 3 saturated heterocycles. The fourth-order valence-electron chi connectivity index (χ4n) is 11.1. The van der Waals surface area contributed by atoms with Crippen molar-refractivity contribution in [3.8, 4) is 39.5 Å². The van der Waals surface area contributed by atoms with Gasteiger partial charge in [0.05, 0.1) is 77.3 Å². The first-order chi connectivity index (χ1) is 34.6. The number of rotatable bonds is 12. The minimum Gasteiger partial charge on any atom is -0.464 e. The fraction of sp³-hybridized carbons (Fsp3) is 0.472. The Labute approximate surface area is 460 Å². The van der Waals surface area contributed by atoms with Crippen molar-refractivity contribution in [3.05, 3.63) is 88.1 Å². The summed E-state index contributed by atoms with van der Waals surface area (Å²) in [6.45, 7) is 11.4. The number of likely N-dealkylation sites (tertiary alicyclic amines) is 2. The lowest BCUT2D eigenvalue weighted by atomic mass is 9.82. The van der Waals surface area contributed by atoms with E-state index < -0.39 is 41.9 Å². The van der Waals surface area contributed by atoms with E-state index in [1.54, 1.807) is 33.5 Å². The number of benzene rings is 2. The van der Waals surface area contributed by atoms with Crippen molar-refractivity contribution >= 4 is 86.7 Å². The molecule has 2 aromatic carbocycles. The molecule has 4 aromatic heterocycles. The molecule has 4 N–H and O–H groups in total. The van der Waals surface area contributed by atoms with Crippen LogP contribution in [0, 0.1) is 17.7 Å². The summed E-state index contributed by atoms with van der Waals surface area (Å²) in [6, 6.07) is 13.4. The smallest absolute Gasteiger partial charge is 0.407 e. The highest BCUT2D eigenvalue weighted by molar-refractivity contribution is 7.59. The average Bonchev–Trinajstić information content (AvgIpc) is 4.23. The molecule has 8 heterocycles. The summed E-state index contributed by atoms with van der Waals surface area (Å²) in [4.78, 5) is 75.2. The Balaban J connectivity index is 0.00000273. The van der Waals surface area contributed by atoms with E-state index in [2.05, 4.69) is 50.3 Å². The molecule has 17 nitrogen and oxygen atoms in total. The Morgan fingerprint density at radius 2 is 1.48 bits per heavy atom. The molecule has 0 saturated carbocycles. The molecule has 6 aromatic rings. The highest BCUT2D eigenvalue weighted by atomic mass is 32.1. The highest BCUT2D eigenvalue weighted by Crippen LogP contribution is 2.48. The summed E-state index contributed by atoms with van der Waals surface area (Å²) in [5.41, 5.74) is 4.17. The molecule has 4 aliphatic rings. The van der Waals surface area contributed by atoms with E-state index in [-0.39, 0.29) is 76.2 Å². The first-order valence-electron chi connectivity index (χ1n) is 24.9. The second-order valence-electron chi connectivity index (χ2n) is 20.2. The molecule has 3 unspecified atom stereocenters. The predicted octanol–water partition coefficient (Wildman–Crippen LogP) is 9.77. The van der Waals surface area contributed by atoms with Crippen LogP contribution in [-0.2, 0) is 30.2 Å². The quantitative estimate of drug-likeness (QED) is 0.0915. The molecule has 4 amide bonds. The van der Waals surface area contributed by atoms with E-state index in [4.69, 9.17) is 28.9 Å². The van der Waals surface area contributed by atoms with Crippen molar-refractivity contribution in [2.24, 2.45) is 11.8 Å². The molecule has 22 heteroatoms. The predicted molar refractivity (Wildman–Crippen MR) is 300 cm³/mol. The second kappa shape index (κ2) is 23.3. The lowest BCUT2D eigenvalue weighted by Crippen LogP contribution is -2.54. The zero-order valence-corrected chi connectivity index (χ0v) is 47.0. The van der Waals surface area contributed by atoms with Crippen molar-refractivity contribution in [3.63, 3.8) is 0 Å². The summed E-state index contributed by atoms with van der Waals surface area (Å²) in [7, 11) is 2.57. The zero-order valence-electron chi connectivity index (χ0n) is 43.2. The number of carbonyl (C=O) groups excluding carboxylic acids is 4. The lowest BCUT2D eigenvalue weighted by molar-refractivity contribution is -0.139. The van der Waals surface area contributed by atoms with Gasteiger partial charge in [-0.1, -0.05) is 26.8 Å². The van der Waals surface area contributed by atoms with Crippen LogP contribution in [0.5, 0.6) is 5.75 Å². The molecule has 0 spiro atoms. The third-order valence-electron chi connectivity index (χ3n) is 14.7. The van der Waals surface area contributed by atoms with Crippen molar-refractivity contribution in [2.75, 3.05) is 33.9 Å². The Hall–Kier alpha value is -5.68. The maximum atomic E-state index is 17.0. The molecule has 0 radical (unpaired) electrons. The Kier molecular flexibility index (Phi) is 17.7. The number of halogens is 1. The van der Waals surface area contributed by atoms with Crippen molar-refractivity contribution in [1.82, 2.24) is 44.9 Å². The SMILES string of the molecule is CCc1ccc(C2Oc3cc(-c4cnc([C@@H]5CCCN5C(=O)C(NC(=O)OC)C5CCOC(C)(C)C5)[nH]4)cc(F)c3-c3cc4cc(-c5cnc([C@@H]6CCCN6C(=O)[C@@H](NC(=O)OC)C(C)C)[nH]5)ccc4n32)s1.S.S.S. The number of ether oxygens (including phenoxy) is 4. The van der Waals surface area contributed by atoms with E-state index in [1.165, 1.54) is 25.2 Å². The number of nitrogens with zero attached hydrogens (tertiary/aromatic N) is 5. The maximum Gasteiger partial charge on any atom is 0.407 e. The number of H-pyrrole nitrogens is 2. The maximum absolute atomic E-state index is 17.0. The molecular formula is C53H68FN9O8S4. The van der Waals surface area contributed by atoms with Crippen LogP contribution in [0.2, 0.25) is 0 Å². The number of thiophene rings is 1. The number of alkyl carbamates (subject to hydrolysis) is 2. The number of amides is 4. The number of fused-ring (bicyclic) bond motifs is 5. The topological polar surface area (TPSA) is 198 Å². The van der Waals surface area contributed by atoms with Crippen molar-refractivity contribution < 1.29 is 42.5 Å². The summed E-state index contributed by atoms with van der Waals surface area (Å²) in [5.74, 6) is 0.467. The van der Waals surface area contributed by atoms with Gasteiger partial charge in [0, 0.05) is 41.1 Å². The molecule has 6 atom stereocenters. The lowest BCUT2D eigenvalue weighted by Gasteiger charge is -2.40. The highest BCUT2D eigenvalue weighted by Gasteiger charge is 2.43. The molecule has 4 aliphatic heterocycles. The number of aryl methyl sites for hydroxylation is 1. The Bertz CT molecular complexity index is 3050. The van der Waals surface area contributed by atoms with Gasteiger partial charge < -0.3 is 49.3 Å². The summed E-state index contributed by atoms with van der Waals surface area (Å²) in [5, 5.41) is 6.42. The number of methoxy groups -OCH3 is 2. The minimum atomic E-state index is -0.803. The number of aromatic amines is 2. The van der Waals surface area contributed by atoms with Gasteiger partial charge in [0.1, 0.15) is 35.3 Å². The number of imidazole rings is 2. The molecule has 75 heavy (non-hydrogen) atoms. The summed E-state index contributed by atoms with van der Waals surface area (Å²) < 4.78 is 41.6. The van der Waals surface area contributed by atoms with E-state index in [9.17, 15) is 19.2 Å². The van der Waals surface area contributed by atoms with Crippen LogP contribution < -0.4 is 15.4 Å². The van der Waals surface area contributed by atoms with Crippen LogP contribution in [0.25, 0.3) is 44.7 Å². The van der Waals surface area contributed by atoms with Gasteiger partial charge in [-0.2, -0.15) is 40.5 Å². The van der Waals surface area contributed by atoms with Gasteiger partial charge in [-0.25, -0.2) is 23.9 Å². The van der Waals surface area contributed by atoms with Gasteiger partial charge in [-0.3, -0.25) is 14.2 Å². The van der Waals surface area contributed by atoms with Crippen LogP contribution >= 0.6 is 51.8 Å². The third-order valence-corrected chi connectivity index (χ3v) is 16.0. The van der Waals surface area contributed by atoms with Crippen molar-refractivity contribution in [2.45, 2.75) is 116 Å². The number of hydrogen-bond donors (Lipinski definition) is 4. The van der Waals surface area contributed by atoms with Gasteiger partial charge in [0.2, 0.25) is 18.0 Å². The van der Waals surface area contributed by atoms with Gasteiger partial charge in [0.25, 0.3) is 0 Å². The van der Waals surface area contributed by atoms with Gasteiger partial charge in [0.15, 0.2) is 0 Å². The van der Waals surface area contributed by atoms with E-state index >= 15 is 4.39 Å². The number of aromatic nitrogens is 5. The van der Waals surface area contributed by atoms with Crippen LogP contribution in [0.1, 0.15) is 113 Å². The standard InChI is InChI=1S/C53H62FN9O8S.3H2S/c1-8-33-14-16-42(72-33)50-63-37-15-13-29(35-26-55-46(57-35)38-11-9-18-61(38)48(64)44(28(2)3)59-51(66)68-6)21-32(37)23-40(63)43-34(54)22-31(24-41(43)71-50)36-27-56-47(58-36)39-12-10-19-62(39)49(65)45(60-52(67)69-7)30-17-20-70-53(4,5)25-30;;;/h13-16,21-24,26-28,30,38-39,44-45,50H,8-12,17-20,25H2,1-7H3,(H,55,57)(H,56,58)(H,59,66)(H,60,67);3*1H2/t30?,38-,39-,44-,45?,50?;;;/m0.../s1. The largest absolute Gasteiger partial charge is 0.464 e. The number of carbonyl (C=O) groups is 4. The number of nitrogens with one attached hydrogen (secondary N) is 4. The van der Waals surface area contributed by atoms with E-state index in [0.29, 0.717) is 78.9 Å².